The molecule has 0 bridgehead atoms. The van der Waals surface area contributed by atoms with E-state index in [0.29, 0.717) is 12.1 Å². The maximum absolute atomic E-state index is 13.9. The van der Waals surface area contributed by atoms with E-state index in [1.165, 1.54) is 6.07 Å². The Morgan fingerprint density at radius 3 is 2.65 bits per heavy atom. The number of nitrogens with two attached hydrogens (primary N) is 1. The van der Waals surface area contributed by atoms with Gasteiger partial charge in [-0.3, -0.25) is 4.90 Å². The maximum atomic E-state index is 13.9. The summed E-state index contributed by atoms with van der Waals surface area (Å²) < 4.78 is 14.6. The van der Waals surface area contributed by atoms with E-state index < -0.39 is 0 Å². The standard InChI is InChI=1S/C16H18BrFN2/c1-11(12-4-3-5-15(19)8-12)20(2)10-13-6-7-14(17)9-16(13)18/h3-9,11H,10,19H2,1-2H3. The van der Waals surface area contributed by atoms with Crippen molar-refractivity contribution < 1.29 is 4.39 Å². The van der Waals surface area contributed by atoms with E-state index in [4.69, 9.17) is 5.73 Å². The van der Waals surface area contributed by atoms with Crippen molar-refractivity contribution in [1.82, 2.24) is 4.90 Å². The number of benzene rings is 2. The topological polar surface area (TPSA) is 29.3 Å². The van der Waals surface area contributed by atoms with Gasteiger partial charge in [0.25, 0.3) is 0 Å². The Hall–Kier alpha value is -1.39. The fraction of sp³-hybridized carbons (Fsp3) is 0.250. The van der Waals surface area contributed by atoms with E-state index in [0.717, 1.165) is 15.7 Å². The van der Waals surface area contributed by atoms with Crippen LogP contribution in [-0.2, 0) is 6.54 Å². The molecule has 0 aliphatic heterocycles. The van der Waals surface area contributed by atoms with Crippen LogP contribution in [0.5, 0.6) is 0 Å². The van der Waals surface area contributed by atoms with Gasteiger partial charge in [-0.25, -0.2) is 4.39 Å². The molecule has 0 heterocycles. The average molecular weight is 337 g/mol. The number of rotatable bonds is 4. The van der Waals surface area contributed by atoms with Crippen molar-refractivity contribution in [3.05, 3.63) is 63.9 Å². The van der Waals surface area contributed by atoms with Crippen LogP contribution in [0.2, 0.25) is 0 Å². The molecular weight excluding hydrogens is 319 g/mol. The summed E-state index contributed by atoms with van der Waals surface area (Å²) >= 11 is 3.27. The number of anilines is 1. The molecule has 1 atom stereocenters. The van der Waals surface area contributed by atoms with E-state index in [1.807, 2.05) is 43.4 Å². The van der Waals surface area contributed by atoms with Gasteiger partial charge in [0.05, 0.1) is 0 Å². The smallest absolute Gasteiger partial charge is 0.128 e. The van der Waals surface area contributed by atoms with Crippen molar-refractivity contribution in [2.24, 2.45) is 0 Å². The third-order valence-corrected chi connectivity index (χ3v) is 3.98. The zero-order valence-corrected chi connectivity index (χ0v) is 13.2. The highest BCUT2D eigenvalue weighted by Gasteiger charge is 2.14. The molecule has 106 valence electrons. The highest BCUT2D eigenvalue weighted by atomic mass is 79.9. The Morgan fingerprint density at radius 2 is 2.00 bits per heavy atom. The molecule has 4 heteroatoms. The Balaban J connectivity index is 2.13. The molecule has 0 amide bonds. The zero-order valence-electron chi connectivity index (χ0n) is 11.6. The predicted molar refractivity (Wildman–Crippen MR) is 84.8 cm³/mol. The molecule has 2 rings (SSSR count). The first-order valence-corrected chi connectivity index (χ1v) is 7.26. The van der Waals surface area contributed by atoms with Crippen LogP contribution in [-0.4, -0.2) is 11.9 Å². The van der Waals surface area contributed by atoms with Crippen LogP contribution in [0.3, 0.4) is 0 Å². The van der Waals surface area contributed by atoms with E-state index in [1.54, 1.807) is 0 Å². The van der Waals surface area contributed by atoms with Gasteiger partial charge in [0.1, 0.15) is 5.82 Å². The van der Waals surface area contributed by atoms with Crippen LogP contribution in [0, 0.1) is 5.82 Å². The van der Waals surface area contributed by atoms with Crippen molar-refractivity contribution in [2.75, 3.05) is 12.8 Å². The molecule has 0 saturated heterocycles. The average Bonchev–Trinajstić information content (AvgIpc) is 2.41. The van der Waals surface area contributed by atoms with E-state index in [2.05, 4.69) is 27.8 Å². The van der Waals surface area contributed by atoms with Crippen molar-refractivity contribution in [2.45, 2.75) is 19.5 Å². The zero-order chi connectivity index (χ0) is 14.7. The molecule has 2 nitrogen and oxygen atoms in total. The Morgan fingerprint density at radius 1 is 1.25 bits per heavy atom. The lowest BCUT2D eigenvalue weighted by atomic mass is 10.1. The van der Waals surface area contributed by atoms with Gasteiger partial charge in [-0.1, -0.05) is 34.1 Å². The summed E-state index contributed by atoms with van der Waals surface area (Å²) in [7, 11) is 1.98. The molecule has 2 N–H and O–H groups in total. The number of halogens is 2. The largest absolute Gasteiger partial charge is 0.399 e. The summed E-state index contributed by atoms with van der Waals surface area (Å²) in [6.45, 7) is 2.64. The highest BCUT2D eigenvalue weighted by Crippen LogP contribution is 2.24. The molecule has 0 spiro atoms. The van der Waals surface area contributed by atoms with Crippen LogP contribution in [0.25, 0.3) is 0 Å². The van der Waals surface area contributed by atoms with Gasteiger partial charge in [0, 0.05) is 28.3 Å². The van der Waals surface area contributed by atoms with Crippen LogP contribution in [0.15, 0.2) is 46.9 Å². The van der Waals surface area contributed by atoms with Crippen molar-refractivity contribution in [3.63, 3.8) is 0 Å². The molecule has 0 aliphatic rings. The van der Waals surface area contributed by atoms with Gasteiger partial charge in [-0.2, -0.15) is 0 Å². The number of nitrogens with zero attached hydrogens (tertiary/aromatic N) is 1. The second-order valence-corrected chi connectivity index (χ2v) is 5.91. The van der Waals surface area contributed by atoms with E-state index in [-0.39, 0.29) is 11.9 Å². The number of hydrogen-bond donors (Lipinski definition) is 1. The lowest BCUT2D eigenvalue weighted by molar-refractivity contribution is 0.249. The summed E-state index contributed by atoms with van der Waals surface area (Å²) in [4.78, 5) is 2.10. The van der Waals surface area contributed by atoms with Gasteiger partial charge in [0.2, 0.25) is 0 Å². The van der Waals surface area contributed by atoms with E-state index >= 15 is 0 Å². The van der Waals surface area contributed by atoms with Gasteiger partial charge in [-0.15, -0.1) is 0 Å². The normalized spacial score (nSPS) is 12.7. The lowest BCUT2D eigenvalue weighted by Gasteiger charge is -2.25. The molecule has 2 aromatic rings. The van der Waals surface area contributed by atoms with Crippen LogP contribution >= 0.6 is 15.9 Å². The van der Waals surface area contributed by atoms with Crippen molar-refractivity contribution in [3.8, 4) is 0 Å². The van der Waals surface area contributed by atoms with E-state index in [9.17, 15) is 4.39 Å². The Kier molecular flexibility index (Phi) is 4.78. The minimum absolute atomic E-state index is 0.168. The molecule has 2 aromatic carbocycles. The van der Waals surface area contributed by atoms with Crippen molar-refractivity contribution >= 4 is 21.6 Å². The molecule has 0 radical (unpaired) electrons. The molecular formula is C16H18BrFN2. The highest BCUT2D eigenvalue weighted by molar-refractivity contribution is 9.10. The maximum Gasteiger partial charge on any atom is 0.128 e. The van der Waals surface area contributed by atoms with Gasteiger partial charge < -0.3 is 5.73 Å². The van der Waals surface area contributed by atoms with Crippen LogP contribution < -0.4 is 5.73 Å². The Labute approximate surface area is 127 Å². The van der Waals surface area contributed by atoms with Crippen LogP contribution in [0.1, 0.15) is 24.1 Å². The summed E-state index contributed by atoms with van der Waals surface area (Å²) in [6.07, 6.45) is 0. The predicted octanol–water partition coefficient (Wildman–Crippen LogP) is 4.36. The Bertz CT molecular complexity index is 601. The first kappa shape index (κ1) is 15.0. The molecule has 0 aliphatic carbocycles. The van der Waals surface area contributed by atoms with Gasteiger partial charge >= 0.3 is 0 Å². The number of nitrogen functional groups attached to an aromatic ring is 1. The fourth-order valence-corrected chi connectivity index (χ4v) is 2.46. The fourth-order valence-electron chi connectivity index (χ4n) is 2.13. The minimum atomic E-state index is -0.189. The summed E-state index contributed by atoms with van der Waals surface area (Å²) in [5, 5.41) is 0. The van der Waals surface area contributed by atoms with Gasteiger partial charge in [-0.05, 0) is 43.8 Å². The molecule has 0 fully saturated rings. The minimum Gasteiger partial charge on any atom is -0.399 e. The summed E-state index contributed by atoms with van der Waals surface area (Å²) in [5.41, 5.74) is 8.37. The number of hydrogen-bond acceptors (Lipinski definition) is 2. The first-order chi connectivity index (χ1) is 9.47. The quantitative estimate of drug-likeness (QED) is 0.840. The third kappa shape index (κ3) is 3.58. The molecule has 1 unspecified atom stereocenters. The first-order valence-electron chi connectivity index (χ1n) is 6.47. The van der Waals surface area contributed by atoms with Gasteiger partial charge in [0.15, 0.2) is 0 Å². The van der Waals surface area contributed by atoms with Crippen molar-refractivity contribution in [1.29, 1.82) is 0 Å². The third-order valence-electron chi connectivity index (χ3n) is 3.49. The molecule has 20 heavy (non-hydrogen) atoms. The second-order valence-electron chi connectivity index (χ2n) is 5.00. The summed E-state index contributed by atoms with van der Waals surface area (Å²) in [5.74, 6) is -0.189. The molecule has 0 saturated carbocycles. The lowest BCUT2D eigenvalue weighted by Crippen LogP contribution is -2.22. The SMILES string of the molecule is CC(c1cccc(N)c1)N(C)Cc1ccc(Br)cc1F. The monoisotopic (exact) mass is 336 g/mol. The van der Waals surface area contributed by atoms with Crippen LogP contribution in [0.4, 0.5) is 10.1 Å². The molecule has 0 aromatic heterocycles. The second kappa shape index (κ2) is 6.37. The summed E-state index contributed by atoms with van der Waals surface area (Å²) in [6, 6.07) is 13.1.